The second-order valence-electron chi connectivity index (χ2n) is 8.98. The number of nitro benzene ring substituents is 1. The first-order valence-corrected chi connectivity index (χ1v) is 13.1. The van der Waals surface area contributed by atoms with Crippen LogP contribution < -0.4 is 10.1 Å². The van der Waals surface area contributed by atoms with Gasteiger partial charge >= 0.3 is 5.97 Å². The average molecular weight is 567 g/mol. The Morgan fingerprint density at radius 2 is 1.82 bits per heavy atom. The highest BCUT2D eigenvalue weighted by Crippen LogP contribution is 2.25. The molecule has 0 saturated carbocycles. The summed E-state index contributed by atoms with van der Waals surface area (Å²) in [5.74, 6) is -2.16. The maximum atomic E-state index is 13.6. The van der Waals surface area contributed by atoms with Gasteiger partial charge in [-0.25, -0.2) is 0 Å². The normalized spacial score (nSPS) is 15.7. The first kappa shape index (κ1) is 28.2. The molecule has 2 N–H and O–H groups in total. The van der Waals surface area contributed by atoms with Crippen LogP contribution >= 0.6 is 11.3 Å². The molecule has 0 bridgehead atoms. The fourth-order valence-corrected chi connectivity index (χ4v) is 5.20. The van der Waals surface area contributed by atoms with Crippen LogP contribution in [-0.4, -0.2) is 76.3 Å². The van der Waals surface area contributed by atoms with Crippen LogP contribution in [-0.2, 0) is 9.59 Å². The summed E-state index contributed by atoms with van der Waals surface area (Å²) in [6.45, 7) is -0.0148. The summed E-state index contributed by atoms with van der Waals surface area (Å²) in [7, 11) is 1.48. The molecule has 1 aliphatic rings. The lowest BCUT2D eigenvalue weighted by Crippen LogP contribution is -2.61. The van der Waals surface area contributed by atoms with Gasteiger partial charge < -0.3 is 25.0 Å². The summed E-state index contributed by atoms with van der Waals surface area (Å²) in [6, 6.07) is 13.0. The third kappa shape index (κ3) is 6.43. The van der Waals surface area contributed by atoms with E-state index in [1.165, 1.54) is 52.5 Å². The van der Waals surface area contributed by atoms with Crippen LogP contribution in [0, 0.1) is 10.1 Å². The van der Waals surface area contributed by atoms with E-state index in [1.807, 2.05) is 0 Å². The molecule has 12 nitrogen and oxygen atoms in total. The van der Waals surface area contributed by atoms with Crippen molar-refractivity contribution in [1.82, 2.24) is 15.1 Å². The van der Waals surface area contributed by atoms with Crippen molar-refractivity contribution >= 4 is 40.7 Å². The number of thiophene rings is 1. The predicted octanol–water partition coefficient (Wildman–Crippen LogP) is 2.96. The molecule has 1 fully saturated rings. The van der Waals surface area contributed by atoms with Crippen molar-refractivity contribution in [3.63, 3.8) is 0 Å². The van der Waals surface area contributed by atoms with Crippen molar-refractivity contribution in [2.24, 2.45) is 0 Å². The number of rotatable bonds is 9. The molecule has 2 heterocycles. The summed E-state index contributed by atoms with van der Waals surface area (Å²) in [5.41, 5.74) is 0.291. The summed E-state index contributed by atoms with van der Waals surface area (Å²) >= 11 is 1.29. The van der Waals surface area contributed by atoms with E-state index in [9.17, 15) is 34.4 Å². The number of carboxylic acids is 1. The maximum absolute atomic E-state index is 13.6. The number of hydrogen-bond acceptors (Lipinski definition) is 8. The maximum Gasteiger partial charge on any atom is 0.305 e. The minimum absolute atomic E-state index is 0.00617. The van der Waals surface area contributed by atoms with Crippen LogP contribution in [0.4, 0.5) is 5.69 Å². The van der Waals surface area contributed by atoms with Gasteiger partial charge in [0.05, 0.1) is 31.0 Å². The minimum Gasteiger partial charge on any atom is -0.497 e. The predicted molar refractivity (Wildman–Crippen MR) is 144 cm³/mol. The van der Waals surface area contributed by atoms with Gasteiger partial charge in [-0.05, 0) is 41.8 Å². The molecule has 3 amide bonds. The minimum atomic E-state index is -1.15. The monoisotopic (exact) mass is 566 g/mol. The Labute approximate surface area is 232 Å². The molecule has 0 radical (unpaired) electrons. The molecule has 208 valence electrons. The zero-order chi connectivity index (χ0) is 28.8. The number of benzene rings is 2. The smallest absolute Gasteiger partial charge is 0.305 e. The number of piperazine rings is 1. The molecule has 2 aromatic carbocycles. The highest BCUT2D eigenvalue weighted by molar-refractivity contribution is 7.10. The van der Waals surface area contributed by atoms with Crippen LogP contribution in [0.2, 0.25) is 0 Å². The van der Waals surface area contributed by atoms with Crippen LogP contribution in [0.15, 0.2) is 66.0 Å². The summed E-state index contributed by atoms with van der Waals surface area (Å²) < 4.78 is 5.21. The van der Waals surface area contributed by atoms with Crippen molar-refractivity contribution in [1.29, 1.82) is 0 Å². The Morgan fingerprint density at radius 1 is 1.07 bits per heavy atom. The van der Waals surface area contributed by atoms with Gasteiger partial charge in [-0.15, -0.1) is 11.3 Å². The molecule has 1 aliphatic heterocycles. The number of ether oxygens (including phenoxy) is 1. The number of hydrogen-bond donors (Lipinski definition) is 2. The van der Waals surface area contributed by atoms with Crippen LogP contribution in [0.1, 0.15) is 38.1 Å². The number of methoxy groups -OCH3 is 1. The lowest BCUT2D eigenvalue weighted by Gasteiger charge is -2.41. The van der Waals surface area contributed by atoms with Gasteiger partial charge in [0.25, 0.3) is 17.5 Å². The number of nitro groups is 1. The zero-order valence-electron chi connectivity index (χ0n) is 21.4. The number of non-ortho nitro benzene ring substituents is 1. The molecule has 2 atom stereocenters. The standard InChI is InChI=1S/C27H26N4O8S/c1-39-20-5-2-4-18(14-20)26(35)29-11-12-30(27(36)17-7-9-19(10-8-17)31(37)38)22(16-29)25(34)28-21(15-24(32)33)23-6-3-13-40-23/h2-10,13-14,21-22H,11-12,15-16H2,1H3,(H,28,34)(H,32,33). The number of nitrogens with zero attached hydrogens (tertiary/aromatic N) is 3. The number of nitrogens with one attached hydrogen (secondary N) is 1. The SMILES string of the molecule is COc1cccc(C(=O)N2CCN(C(=O)c3ccc([N+](=O)[O-])cc3)C(C(=O)NC(CC(=O)O)c3cccs3)C2)c1. The molecule has 3 aromatic rings. The number of carbonyl (C=O) groups is 4. The largest absolute Gasteiger partial charge is 0.497 e. The molecule has 0 aliphatic carbocycles. The topological polar surface area (TPSA) is 159 Å². The van der Waals surface area contributed by atoms with E-state index < -0.39 is 34.8 Å². The Kier molecular flexibility index (Phi) is 8.74. The number of aliphatic carboxylic acids is 1. The van der Waals surface area contributed by atoms with Gasteiger partial charge in [0.15, 0.2) is 0 Å². The highest BCUT2D eigenvalue weighted by atomic mass is 32.1. The Bertz CT molecular complexity index is 1410. The third-order valence-corrected chi connectivity index (χ3v) is 7.44. The lowest BCUT2D eigenvalue weighted by molar-refractivity contribution is -0.384. The van der Waals surface area contributed by atoms with Gasteiger partial charge in [-0.1, -0.05) is 12.1 Å². The molecule has 4 rings (SSSR count). The van der Waals surface area contributed by atoms with E-state index in [0.29, 0.717) is 16.2 Å². The fourth-order valence-electron chi connectivity index (χ4n) is 4.42. The quantitative estimate of drug-likeness (QED) is 0.295. The summed E-state index contributed by atoms with van der Waals surface area (Å²) in [5, 5.41) is 25.0. The van der Waals surface area contributed by atoms with Crippen LogP contribution in [0.3, 0.4) is 0 Å². The van der Waals surface area contributed by atoms with Gasteiger partial charge in [0.2, 0.25) is 5.91 Å². The second-order valence-corrected chi connectivity index (χ2v) is 9.96. The van der Waals surface area contributed by atoms with Gasteiger partial charge in [0, 0.05) is 41.2 Å². The molecule has 1 saturated heterocycles. The zero-order valence-corrected chi connectivity index (χ0v) is 22.2. The van der Waals surface area contributed by atoms with Crippen molar-refractivity contribution in [3.8, 4) is 5.75 Å². The van der Waals surface area contributed by atoms with E-state index >= 15 is 0 Å². The molecular weight excluding hydrogens is 540 g/mol. The van der Waals surface area contributed by atoms with E-state index in [1.54, 1.807) is 41.8 Å². The number of amides is 3. The van der Waals surface area contributed by atoms with Gasteiger partial charge in [0.1, 0.15) is 11.8 Å². The average Bonchev–Trinajstić information content (AvgIpc) is 3.51. The first-order chi connectivity index (χ1) is 19.2. The van der Waals surface area contributed by atoms with Gasteiger partial charge in [-0.2, -0.15) is 0 Å². The van der Waals surface area contributed by atoms with Crippen molar-refractivity contribution in [3.05, 3.63) is 92.2 Å². The van der Waals surface area contributed by atoms with Crippen molar-refractivity contribution in [2.45, 2.75) is 18.5 Å². The number of carboxylic acid groups (broad SMARTS) is 1. The van der Waals surface area contributed by atoms with E-state index in [4.69, 9.17) is 4.74 Å². The molecule has 0 spiro atoms. The Hall–Kier alpha value is -4.78. The Morgan fingerprint density at radius 3 is 2.45 bits per heavy atom. The van der Waals surface area contributed by atoms with Crippen LogP contribution in [0.5, 0.6) is 5.75 Å². The summed E-state index contributed by atoms with van der Waals surface area (Å²) in [6.07, 6.45) is -0.373. The Balaban J connectivity index is 1.62. The molecular formula is C27H26N4O8S. The first-order valence-electron chi connectivity index (χ1n) is 12.2. The second kappa shape index (κ2) is 12.4. The molecule has 40 heavy (non-hydrogen) atoms. The van der Waals surface area contributed by atoms with Gasteiger partial charge in [-0.3, -0.25) is 29.3 Å². The fraction of sp³-hybridized carbons (Fsp3) is 0.259. The van der Waals surface area contributed by atoms with E-state index in [0.717, 1.165) is 0 Å². The molecule has 1 aromatic heterocycles. The third-order valence-electron chi connectivity index (χ3n) is 6.45. The molecule has 13 heteroatoms. The lowest BCUT2D eigenvalue weighted by atomic mass is 10.0. The van der Waals surface area contributed by atoms with E-state index in [-0.39, 0.29) is 43.2 Å². The highest BCUT2D eigenvalue weighted by Gasteiger charge is 2.38. The van der Waals surface area contributed by atoms with Crippen molar-refractivity contribution < 1.29 is 33.9 Å². The number of carbonyl (C=O) groups excluding carboxylic acids is 3. The summed E-state index contributed by atoms with van der Waals surface area (Å²) in [4.78, 5) is 65.8. The van der Waals surface area contributed by atoms with E-state index in [2.05, 4.69) is 5.32 Å². The van der Waals surface area contributed by atoms with Crippen LogP contribution in [0.25, 0.3) is 0 Å². The molecule has 2 unspecified atom stereocenters. The van der Waals surface area contributed by atoms with Crippen molar-refractivity contribution in [2.75, 3.05) is 26.7 Å².